The van der Waals surface area contributed by atoms with E-state index >= 15 is 0 Å². The standard InChI is InChI=1S/C12H10N4O2/c1-16-5-8(12(17)18)11(15-16)7-2-3-9-10(4-7)14-6-13-9/h2-6H,1H3,(H,13,14)(H,17,18). The summed E-state index contributed by atoms with van der Waals surface area (Å²) in [4.78, 5) is 18.3. The largest absolute Gasteiger partial charge is 0.478 e. The molecule has 0 saturated heterocycles. The van der Waals surface area contributed by atoms with E-state index in [9.17, 15) is 4.79 Å². The zero-order valence-corrected chi connectivity index (χ0v) is 9.58. The second-order valence-corrected chi connectivity index (χ2v) is 4.00. The van der Waals surface area contributed by atoms with Gasteiger partial charge in [-0.1, -0.05) is 6.07 Å². The molecule has 0 aliphatic heterocycles. The van der Waals surface area contributed by atoms with Gasteiger partial charge in [-0.25, -0.2) is 9.78 Å². The first-order chi connectivity index (χ1) is 8.65. The van der Waals surface area contributed by atoms with E-state index in [1.807, 2.05) is 18.2 Å². The first-order valence-corrected chi connectivity index (χ1v) is 5.35. The molecule has 0 aliphatic rings. The van der Waals surface area contributed by atoms with Crippen molar-refractivity contribution in [3.05, 3.63) is 36.3 Å². The Hall–Kier alpha value is -2.63. The molecule has 2 heterocycles. The maximum Gasteiger partial charge on any atom is 0.339 e. The van der Waals surface area contributed by atoms with Gasteiger partial charge >= 0.3 is 5.97 Å². The third-order valence-corrected chi connectivity index (χ3v) is 2.75. The molecule has 90 valence electrons. The van der Waals surface area contributed by atoms with Crippen LogP contribution < -0.4 is 0 Å². The lowest BCUT2D eigenvalue weighted by atomic mass is 10.1. The Morgan fingerprint density at radius 3 is 3.06 bits per heavy atom. The van der Waals surface area contributed by atoms with Crippen molar-refractivity contribution in [2.24, 2.45) is 7.05 Å². The second-order valence-electron chi connectivity index (χ2n) is 4.00. The van der Waals surface area contributed by atoms with Gasteiger partial charge in [0.25, 0.3) is 0 Å². The van der Waals surface area contributed by atoms with Gasteiger partial charge in [-0.05, 0) is 12.1 Å². The Morgan fingerprint density at radius 1 is 1.44 bits per heavy atom. The summed E-state index contributed by atoms with van der Waals surface area (Å²) >= 11 is 0. The van der Waals surface area contributed by atoms with Gasteiger partial charge in [0.1, 0.15) is 11.3 Å². The number of benzene rings is 1. The average molecular weight is 242 g/mol. The molecule has 0 aliphatic carbocycles. The molecule has 0 fully saturated rings. The van der Waals surface area contributed by atoms with Crippen molar-refractivity contribution in [1.29, 1.82) is 0 Å². The van der Waals surface area contributed by atoms with Gasteiger partial charge in [-0.15, -0.1) is 0 Å². The highest BCUT2D eigenvalue weighted by molar-refractivity contribution is 5.95. The summed E-state index contributed by atoms with van der Waals surface area (Å²) in [6.07, 6.45) is 3.10. The molecular weight excluding hydrogens is 232 g/mol. The summed E-state index contributed by atoms with van der Waals surface area (Å²) < 4.78 is 1.50. The molecular formula is C12H10N4O2. The number of aromatic nitrogens is 4. The van der Waals surface area contributed by atoms with Gasteiger partial charge in [-0.2, -0.15) is 5.10 Å². The summed E-state index contributed by atoms with van der Waals surface area (Å²) in [6, 6.07) is 5.50. The molecule has 18 heavy (non-hydrogen) atoms. The number of hydrogen-bond donors (Lipinski definition) is 2. The number of carboxylic acid groups (broad SMARTS) is 1. The van der Waals surface area contributed by atoms with Crippen LogP contribution in [0.2, 0.25) is 0 Å². The van der Waals surface area contributed by atoms with E-state index in [-0.39, 0.29) is 5.56 Å². The van der Waals surface area contributed by atoms with Crippen molar-refractivity contribution in [3.63, 3.8) is 0 Å². The summed E-state index contributed by atoms with van der Waals surface area (Å²) in [7, 11) is 1.70. The molecule has 0 saturated carbocycles. The Morgan fingerprint density at radius 2 is 2.28 bits per heavy atom. The number of rotatable bonds is 2. The number of aryl methyl sites for hydroxylation is 1. The number of nitrogens with zero attached hydrogens (tertiary/aromatic N) is 3. The Kier molecular flexibility index (Phi) is 2.16. The first-order valence-electron chi connectivity index (χ1n) is 5.35. The minimum Gasteiger partial charge on any atom is -0.478 e. The monoisotopic (exact) mass is 242 g/mol. The van der Waals surface area contributed by atoms with Crippen LogP contribution in [0.15, 0.2) is 30.7 Å². The highest BCUT2D eigenvalue weighted by Crippen LogP contribution is 2.24. The fourth-order valence-electron chi connectivity index (χ4n) is 1.94. The maximum atomic E-state index is 11.1. The van der Waals surface area contributed by atoms with Crippen LogP contribution in [0.3, 0.4) is 0 Å². The fraction of sp³-hybridized carbons (Fsp3) is 0.0833. The molecule has 0 amide bonds. The minimum absolute atomic E-state index is 0.191. The quantitative estimate of drug-likeness (QED) is 0.715. The first kappa shape index (κ1) is 10.5. The van der Waals surface area contributed by atoms with Gasteiger partial charge < -0.3 is 10.1 Å². The molecule has 6 heteroatoms. The topological polar surface area (TPSA) is 83.8 Å². The zero-order valence-electron chi connectivity index (χ0n) is 9.58. The van der Waals surface area contributed by atoms with Crippen molar-refractivity contribution in [2.75, 3.05) is 0 Å². The molecule has 3 aromatic rings. The highest BCUT2D eigenvalue weighted by atomic mass is 16.4. The third kappa shape index (κ3) is 1.55. The highest BCUT2D eigenvalue weighted by Gasteiger charge is 2.16. The third-order valence-electron chi connectivity index (χ3n) is 2.75. The van der Waals surface area contributed by atoms with Crippen LogP contribution >= 0.6 is 0 Å². The van der Waals surface area contributed by atoms with Crippen molar-refractivity contribution >= 4 is 17.0 Å². The molecule has 2 aromatic heterocycles. The number of nitrogens with one attached hydrogen (secondary N) is 1. The number of carboxylic acids is 1. The maximum absolute atomic E-state index is 11.1. The predicted molar refractivity (Wildman–Crippen MR) is 65.3 cm³/mol. The number of imidazole rings is 1. The summed E-state index contributed by atoms with van der Waals surface area (Å²) in [5.74, 6) is -0.984. The summed E-state index contributed by atoms with van der Waals surface area (Å²) in [5, 5.41) is 13.3. The molecule has 0 radical (unpaired) electrons. The van der Waals surface area contributed by atoms with Crippen molar-refractivity contribution in [3.8, 4) is 11.3 Å². The molecule has 2 N–H and O–H groups in total. The minimum atomic E-state index is -0.984. The Balaban J connectivity index is 2.21. The molecule has 0 unspecified atom stereocenters. The van der Waals surface area contributed by atoms with Gasteiger partial charge in [0.05, 0.1) is 17.4 Å². The number of fused-ring (bicyclic) bond motifs is 1. The smallest absolute Gasteiger partial charge is 0.339 e. The van der Waals surface area contributed by atoms with E-state index in [0.29, 0.717) is 5.69 Å². The van der Waals surface area contributed by atoms with E-state index in [0.717, 1.165) is 16.6 Å². The van der Waals surface area contributed by atoms with Crippen LogP contribution in [0, 0.1) is 0 Å². The number of H-pyrrole nitrogens is 1. The fourth-order valence-corrected chi connectivity index (χ4v) is 1.94. The van der Waals surface area contributed by atoms with E-state index < -0.39 is 5.97 Å². The van der Waals surface area contributed by atoms with E-state index in [2.05, 4.69) is 15.1 Å². The van der Waals surface area contributed by atoms with Crippen molar-refractivity contribution in [2.45, 2.75) is 0 Å². The molecule has 1 aromatic carbocycles. The van der Waals surface area contributed by atoms with Gasteiger partial charge in [0.15, 0.2) is 0 Å². The van der Waals surface area contributed by atoms with Crippen LogP contribution in [-0.4, -0.2) is 30.8 Å². The van der Waals surface area contributed by atoms with E-state index in [4.69, 9.17) is 5.11 Å². The molecule has 0 spiro atoms. The van der Waals surface area contributed by atoms with Gasteiger partial charge in [0.2, 0.25) is 0 Å². The average Bonchev–Trinajstić information content (AvgIpc) is 2.93. The lowest BCUT2D eigenvalue weighted by molar-refractivity contribution is 0.0697. The lowest BCUT2D eigenvalue weighted by Gasteiger charge is -1.99. The lowest BCUT2D eigenvalue weighted by Crippen LogP contribution is -1.96. The normalized spacial score (nSPS) is 10.9. The van der Waals surface area contributed by atoms with Gasteiger partial charge in [-0.3, -0.25) is 4.68 Å². The van der Waals surface area contributed by atoms with Crippen molar-refractivity contribution < 1.29 is 9.90 Å². The van der Waals surface area contributed by atoms with Crippen molar-refractivity contribution in [1.82, 2.24) is 19.7 Å². The SMILES string of the molecule is Cn1cc(C(=O)O)c(-c2ccc3nc[nH]c3c2)n1. The number of aromatic carboxylic acids is 1. The van der Waals surface area contributed by atoms with Gasteiger partial charge in [0, 0.05) is 18.8 Å². The summed E-state index contributed by atoms with van der Waals surface area (Å²) in [6.45, 7) is 0. The molecule has 3 rings (SSSR count). The number of carbonyl (C=O) groups is 1. The summed E-state index contributed by atoms with van der Waals surface area (Å²) in [5.41, 5.74) is 3.10. The van der Waals surface area contributed by atoms with Crippen LogP contribution in [0.1, 0.15) is 10.4 Å². The number of hydrogen-bond acceptors (Lipinski definition) is 3. The van der Waals surface area contributed by atoms with Crippen LogP contribution in [0.4, 0.5) is 0 Å². The van der Waals surface area contributed by atoms with E-state index in [1.165, 1.54) is 10.9 Å². The van der Waals surface area contributed by atoms with Crippen LogP contribution in [0.5, 0.6) is 0 Å². The zero-order chi connectivity index (χ0) is 12.7. The molecule has 0 atom stereocenters. The predicted octanol–water partition coefficient (Wildman–Crippen LogP) is 1.66. The molecule has 0 bridgehead atoms. The van der Waals surface area contributed by atoms with E-state index in [1.54, 1.807) is 13.4 Å². The van der Waals surface area contributed by atoms with Crippen LogP contribution in [-0.2, 0) is 7.05 Å². The Bertz CT molecular complexity index is 741. The van der Waals surface area contributed by atoms with Crippen LogP contribution in [0.25, 0.3) is 22.3 Å². The second kappa shape index (κ2) is 3.69. The Labute approximate surface area is 102 Å². The molecule has 6 nitrogen and oxygen atoms in total. The number of aromatic amines is 1.